The van der Waals surface area contributed by atoms with Crippen molar-refractivity contribution < 1.29 is 27.4 Å². The van der Waals surface area contributed by atoms with Crippen molar-refractivity contribution in [2.75, 3.05) is 5.73 Å². The highest BCUT2D eigenvalue weighted by molar-refractivity contribution is 5.60. The molecule has 14 heavy (non-hydrogen) atoms. The fourth-order valence-electron chi connectivity index (χ4n) is 0.770. The smallest absolute Gasteiger partial charge is 0.503 e. The van der Waals surface area contributed by atoms with Crippen molar-refractivity contribution in [2.24, 2.45) is 0 Å². The molecule has 3 N–H and O–H groups in total. The van der Waals surface area contributed by atoms with Crippen LogP contribution in [0.15, 0.2) is 12.1 Å². The molecule has 0 bridgehead atoms. The molecule has 0 atom stereocenters. The Labute approximate surface area is 75.7 Å². The Morgan fingerprint density at radius 1 is 1.29 bits per heavy atom. The molecule has 0 radical (unpaired) electrons. The first kappa shape index (κ1) is 10.4. The zero-order chi connectivity index (χ0) is 10.9. The van der Waals surface area contributed by atoms with Gasteiger partial charge in [-0.25, -0.2) is 4.39 Å². The normalized spacial score (nSPS) is 11.4. The van der Waals surface area contributed by atoms with Gasteiger partial charge in [0.1, 0.15) is 11.5 Å². The van der Waals surface area contributed by atoms with E-state index in [1.807, 2.05) is 0 Å². The molecule has 0 unspecified atom stereocenters. The summed E-state index contributed by atoms with van der Waals surface area (Å²) in [4.78, 5) is 0. The third-order valence-corrected chi connectivity index (χ3v) is 1.35. The van der Waals surface area contributed by atoms with Crippen LogP contribution in [-0.2, 0) is 0 Å². The Bertz CT molecular complexity index is 350. The molecule has 1 aromatic rings. The lowest BCUT2D eigenvalue weighted by Crippen LogP contribution is -2.17. The number of benzene rings is 1. The molecule has 0 aromatic heterocycles. The Morgan fingerprint density at radius 2 is 1.86 bits per heavy atom. The van der Waals surface area contributed by atoms with Crippen molar-refractivity contribution in [1.29, 1.82) is 0 Å². The molecule has 0 amide bonds. The number of ether oxygens (including phenoxy) is 1. The van der Waals surface area contributed by atoms with Crippen LogP contribution >= 0.6 is 0 Å². The molecule has 0 aliphatic carbocycles. The second-order valence-electron chi connectivity index (χ2n) is 2.36. The van der Waals surface area contributed by atoms with E-state index in [2.05, 4.69) is 4.74 Å². The van der Waals surface area contributed by atoms with E-state index in [0.717, 1.165) is 0 Å². The van der Waals surface area contributed by atoms with Gasteiger partial charge in [0.15, 0.2) is 11.5 Å². The summed E-state index contributed by atoms with van der Waals surface area (Å²) < 4.78 is 51.0. The van der Waals surface area contributed by atoms with Crippen LogP contribution in [-0.4, -0.2) is 11.5 Å². The number of anilines is 1. The fraction of sp³-hybridized carbons (Fsp3) is 0.143. The Morgan fingerprint density at radius 3 is 2.36 bits per heavy atom. The third kappa shape index (κ3) is 2.18. The second kappa shape index (κ2) is 3.24. The molecule has 1 aromatic carbocycles. The van der Waals surface area contributed by atoms with Crippen molar-refractivity contribution in [3.8, 4) is 11.5 Å². The maximum absolute atomic E-state index is 12.6. The summed E-state index contributed by atoms with van der Waals surface area (Å²) >= 11 is 0. The number of rotatable bonds is 1. The lowest BCUT2D eigenvalue weighted by Gasteiger charge is -2.11. The molecule has 0 aliphatic rings. The molecule has 1 rings (SSSR count). The first-order valence-corrected chi connectivity index (χ1v) is 3.34. The summed E-state index contributed by atoms with van der Waals surface area (Å²) in [5.41, 5.74) is 4.14. The maximum atomic E-state index is 12.6. The molecule has 0 heterocycles. The summed E-state index contributed by atoms with van der Waals surface area (Å²) in [6, 6.07) is 1.30. The van der Waals surface area contributed by atoms with Gasteiger partial charge in [-0.1, -0.05) is 0 Å². The molecular formula is C7H5F4NO2. The van der Waals surface area contributed by atoms with Gasteiger partial charge in [0.25, 0.3) is 0 Å². The number of phenolic OH excluding ortho intramolecular Hbond substituents is 1. The molecule has 7 heteroatoms. The van der Waals surface area contributed by atoms with Crippen molar-refractivity contribution in [2.45, 2.75) is 6.36 Å². The second-order valence-corrected chi connectivity index (χ2v) is 2.36. The van der Waals surface area contributed by atoms with E-state index in [1.54, 1.807) is 0 Å². The lowest BCUT2D eigenvalue weighted by atomic mass is 10.2. The lowest BCUT2D eigenvalue weighted by molar-refractivity contribution is -0.275. The van der Waals surface area contributed by atoms with Crippen LogP contribution in [0.3, 0.4) is 0 Å². The van der Waals surface area contributed by atoms with E-state index in [1.165, 1.54) is 0 Å². The summed E-state index contributed by atoms with van der Waals surface area (Å²) in [6.45, 7) is 0. The van der Waals surface area contributed by atoms with Gasteiger partial charge in [-0.05, 0) is 12.1 Å². The number of alkyl halides is 3. The number of hydrogen-bond donors (Lipinski definition) is 2. The van der Waals surface area contributed by atoms with Gasteiger partial charge in [-0.15, -0.1) is 13.2 Å². The minimum absolute atomic E-state index is 0.633. The van der Waals surface area contributed by atoms with Crippen LogP contribution < -0.4 is 10.5 Å². The number of nitrogen functional groups attached to an aromatic ring is 1. The average molecular weight is 211 g/mol. The first-order chi connectivity index (χ1) is 6.31. The summed E-state index contributed by atoms with van der Waals surface area (Å²) in [7, 11) is 0. The Hall–Kier alpha value is -1.66. The molecule has 0 saturated carbocycles. The van der Waals surface area contributed by atoms with E-state index < -0.39 is 29.4 Å². The highest BCUT2D eigenvalue weighted by Gasteiger charge is 2.32. The van der Waals surface area contributed by atoms with Crippen LogP contribution in [0.5, 0.6) is 11.5 Å². The monoisotopic (exact) mass is 211 g/mol. The van der Waals surface area contributed by atoms with Crippen molar-refractivity contribution >= 4 is 5.69 Å². The first-order valence-electron chi connectivity index (χ1n) is 3.34. The minimum atomic E-state index is -4.96. The zero-order valence-electron chi connectivity index (χ0n) is 6.60. The van der Waals surface area contributed by atoms with E-state index in [0.29, 0.717) is 12.1 Å². The summed E-state index contributed by atoms with van der Waals surface area (Å²) in [5.74, 6) is -3.02. The number of halogens is 4. The minimum Gasteiger partial charge on any atom is -0.503 e. The standard InChI is InChI=1S/C7H5F4NO2/c8-3-1-2-4(6(13)5(3)12)14-7(9,10)11/h1-2,13H,12H2. The van der Waals surface area contributed by atoms with Crippen LogP contribution in [0.4, 0.5) is 23.2 Å². The largest absolute Gasteiger partial charge is 0.573 e. The Kier molecular flexibility index (Phi) is 2.41. The van der Waals surface area contributed by atoms with E-state index in [9.17, 15) is 17.6 Å². The Balaban J connectivity index is 3.06. The van der Waals surface area contributed by atoms with Gasteiger partial charge in [-0.2, -0.15) is 0 Å². The fourth-order valence-corrected chi connectivity index (χ4v) is 0.770. The highest BCUT2D eigenvalue weighted by Crippen LogP contribution is 2.36. The van der Waals surface area contributed by atoms with Crippen molar-refractivity contribution in [3.63, 3.8) is 0 Å². The predicted molar refractivity (Wildman–Crippen MR) is 39.2 cm³/mol. The molecule has 0 spiro atoms. The van der Waals surface area contributed by atoms with Gasteiger partial charge in [0.2, 0.25) is 0 Å². The van der Waals surface area contributed by atoms with Gasteiger partial charge < -0.3 is 15.6 Å². The van der Waals surface area contributed by atoms with Crippen LogP contribution in [0.2, 0.25) is 0 Å². The average Bonchev–Trinajstić information content (AvgIpc) is 2.04. The third-order valence-electron chi connectivity index (χ3n) is 1.35. The van der Waals surface area contributed by atoms with Gasteiger partial charge >= 0.3 is 6.36 Å². The quantitative estimate of drug-likeness (QED) is 0.424. The highest BCUT2D eigenvalue weighted by atomic mass is 19.4. The molecule has 0 fully saturated rings. The molecule has 0 saturated heterocycles. The molecular weight excluding hydrogens is 206 g/mol. The zero-order valence-corrected chi connectivity index (χ0v) is 6.60. The van der Waals surface area contributed by atoms with Gasteiger partial charge in [-0.3, -0.25) is 0 Å². The predicted octanol–water partition coefficient (Wildman–Crippen LogP) is 2.01. The summed E-state index contributed by atoms with van der Waals surface area (Å²) in [5, 5.41) is 8.95. The van der Waals surface area contributed by atoms with Gasteiger partial charge in [0.05, 0.1) is 0 Å². The van der Waals surface area contributed by atoms with E-state index >= 15 is 0 Å². The SMILES string of the molecule is Nc1c(F)ccc(OC(F)(F)F)c1O. The van der Waals surface area contributed by atoms with E-state index in [4.69, 9.17) is 10.8 Å². The van der Waals surface area contributed by atoms with Crippen LogP contribution in [0.1, 0.15) is 0 Å². The van der Waals surface area contributed by atoms with Crippen molar-refractivity contribution in [1.82, 2.24) is 0 Å². The maximum Gasteiger partial charge on any atom is 0.573 e. The van der Waals surface area contributed by atoms with Crippen LogP contribution in [0.25, 0.3) is 0 Å². The summed E-state index contributed by atoms with van der Waals surface area (Å²) in [6.07, 6.45) is -4.96. The number of hydrogen-bond acceptors (Lipinski definition) is 3. The molecule has 78 valence electrons. The van der Waals surface area contributed by atoms with Gasteiger partial charge in [0, 0.05) is 0 Å². The topological polar surface area (TPSA) is 55.5 Å². The number of phenols is 1. The van der Waals surface area contributed by atoms with Crippen molar-refractivity contribution in [3.05, 3.63) is 17.9 Å². The number of aromatic hydroxyl groups is 1. The molecule has 3 nitrogen and oxygen atoms in total. The molecule has 0 aliphatic heterocycles. The number of nitrogens with two attached hydrogens (primary N) is 1. The van der Waals surface area contributed by atoms with E-state index in [-0.39, 0.29) is 0 Å². The van der Waals surface area contributed by atoms with Crippen LogP contribution in [0, 0.1) is 5.82 Å².